The van der Waals surface area contributed by atoms with Crippen LogP contribution in [0, 0.1) is 5.92 Å². The molecule has 0 saturated carbocycles. The quantitative estimate of drug-likeness (QED) is 0.746. The third-order valence-corrected chi connectivity index (χ3v) is 5.42. The number of nitrogens with one attached hydrogen (secondary N) is 2. The lowest BCUT2D eigenvalue weighted by molar-refractivity contribution is 0.0684. The van der Waals surface area contributed by atoms with Crippen molar-refractivity contribution in [2.24, 2.45) is 5.92 Å². The SMILES string of the molecule is CS(=O)(=O)Nc1ccc(C(=O)N2CCC(CNC(=O)c3cccnc3)CC2)cc1. The molecule has 0 spiro atoms. The Labute approximate surface area is 170 Å². The topological polar surface area (TPSA) is 108 Å². The lowest BCUT2D eigenvalue weighted by Gasteiger charge is -2.32. The molecule has 1 aromatic carbocycles. The van der Waals surface area contributed by atoms with Crippen LogP contribution in [0.25, 0.3) is 0 Å². The van der Waals surface area contributed by atoms with Crippen LogP contribution in [-0.2, 0) is 10.0 Å². The van der Waals surface area contributed by atoms with Crippen LogP contribution in [0.1, 0.15) is 33.6 Å². The molecule has 0 atom stereocenters. The molecule has 2 aromatic rings. The molecule has 1 aliphatic heterocycles. The summed E-state index contributed by atoms with van der Waals surface area (Å²) in [4.78, 5) is 30.5. The highest BCUT2D eigenvalue weighted by atomic mass is 32.2. The van der Waals surface area contributed by atoms with Gasteiger partial charge in [-0.2, -0.15) is 0 Å². The van der Waals surface area contributed by atoms with E-state index in [1.54, 1.807) is 47.5 Å². The highest BCUT2D eigenvalue weighted by Gasteiger charge is 2.24. The lowest BCUT2D eigenvalue weighted by Crippen LogP contribution is -2.41. The zero-order valence-corrected chi connectivity index (χ0v) is 17.0. The zero-order chi connectivity index (χ0) is 20.9. The molecule has 154 valence electrons. The van der Waals surface area contributed by atoms with E-state index >= 15 is 0 Å². The Balaban J connectivity index is 1.47. The summed E-state index contributed by atoms with van der Waals surface area (Å²) in [5.74, 6) is 0.106. The van der Waals surface area contributed by atoms with Crippen molar-refractivity contribution in [2.45, 2.75) is 12.8 Å². The smallest absolute Gasteiger partial charge is 0.253 e. The van der Waals surface area contributed by atoms with Crippen molar-refractivity contribution in [2.75, 3.05) is 30.6 Å². The molecule has 0 bridgehead atoms. The highest BCUT2D eigenvalue weighted by molar-refractivity contribution is 7.92. The fourth-order valence-electron chi connectivity index (χ4n) is 3.25. The van der Waals surface area contributed by atoms with Gasteiger partial charge in [-0.05, 0) is 55.2 Å². The third kappa shape index (κ3) is 6.02. The van der Waals surface area contributed by atoms with E-state index in [-0.39, 0.29) is 11.8 Å². The summed E-state index contributed by atoms with van der Waals surface area (Å²) in [6.07, 6.45) is 5.86. The van der Waals surface area contributed by atoms with E-state index in [0.717, 1.165) is 19.1 Å². The second-order valence-electron chi connectivity index (χ2n) is 7.14. The summed E-state index contributed by atoms with van der Waals surface area (Å²) < 4.78 is 24.9. The molecule has 29 heavy (non-hydrogen) atoms. The summed E-state index contributed by atoms with van der Waals surface area (Å²) in [6, 6.07) is 9.85. The summed E-state index contributed by atoms with van der Waals surface area (Å²) in [5, 5.41) is 2.93. The molecule has 1 fully saturated rings. The predicted molar refractivity (Wildman–Crippen MR) is 110 cm³/mol. The minimum absolute atomic E-state index is 0.0752. The van der Waals surface area contributed by atoms with Gasteiger partial charge in [-0.3, -0.25) is 19.3 Å². The number of hydrogen-bond acceptors (Lipinski definition) is 5. The first-order valence-electron chi connectivity index (χ1n) is 9.37. The number of sulfonamides is 1. The van der Waals surface area contributed by atoms with Crippen LogP contribution in [0.15, 0.2) is 48.8 Å². The fraction of sp³-hybridized carbons (Fsp3) is 0.350. The number of aromatic nitrogens is 1. The monoisotopic (exact) mass is 416 g/mol. The van der Waals surface area contributed by atoms with Gasteiger partial charge in [0.25, 0.3) is 11.8 Å². The molecule has 1 aromatic heterocycles. The van der Waals surface area contributed by atoms with E-state index < -0.39 is 10.0 Å². The zero-order valence-electron chi connectivity index (χ0n) is 16.2. The second-order valence-corrected chi connectivity index (χ2v) is 8.89. The Morgan fingerprint density at radius 2 is 1.79 bits per heavy atom. The number of likely N-dealkylation sites (tertiary alicyclic amines) is 1. The number of benzene rings is 1. The van der Waals surface area contributed by atoms with Crippen LogP contribution >= 0.6 is 0 Å². The number of hydrogen-bond donors (Lipinski definition) is 2. The molecule has 9 heteroatoms. The van der Waals surface area contributed by atoms with Gasteiger partial charge in [-0.1, -0.05) is 0 Å². The number of piperidine rings is 1. The van der Waals surface area contributed by atoms with Gasteiger partial charge in [0.05, 0.1) is 11.8 Å². The van der Waals surface area contributed by atoms with Crippen molar-refractivity contribution in [3.63, 3.8) is 0 Å². The molecule has 0 unspecified atom stereocenters. The van der Waals surface area contributed by atoms with Gasteiger partial charge in [-0.25, -0.2) is 8.42 Å². The Morgan fingerprint density at radius 1 is 1.10 bits per heavy atom. The summed E-state index contributed by atoms with van der Waals surface area (Å²) >= 11 is 0. The van der Waals surface area contributed by atoms with Crippen LogP contribution in [0.5, 0.6) is 0 Å². The van der Waals surface area contributed by atoms with Gasteiger partial charge in [-0.15, -0.1) is 0 Å². The predicted octanol–water partition coefficient (Wildman–Crippen LogP) is 1.74. The number of nitrogens with zero attached hydrogens (tertiary/aromatic N) is 2. The molecular weight excluding hydrogens is 392 g/mol. The van der Waals surface area contributed by atoms with E-state index in [1.165, 1.54) is 6.20 Å². The Hall–Kier alpha value is -2.94. The minimum atomic E-state index is -3.35. The maximum Gasteiger partial charge on any atom is 0.253 e. The highest BCUT2D eigenvalue weighted by Crippen LogP contribution is 2.20. The van der Waals surface area contributed by atoms with Crippen molar-refractivity contribution in [3.8, 4) is 0 Å². The van der Waals surface area contributed by atoms with E-state index in [2.05, 4.69) is 15.0 Å². The van der Waals surface area contributed by atoms with Crippen LogP contribution in [-0.4, -0.2) is 56.0 Å². The van der Waals surface area contributed by atoms with E-state index in [4.69, 9.17) is 0 Å². The van der Waals surface area contributed by atoms with Crippen molar-refractivity contribution in [1.82, 2.24) is 15.2 Å². The number of carbonyl (C=O) groups excluding carboxylic acids is 2. The Morgan fingerprint density at radius 3 is 2.38 bits per heavy atom. The molecule has 1 aliphatic rings. The largest absolute Gasteiger partial charge is 0.352 e. The number of amides is 2. The average Bonchev–Trinajstić information content (AvgIpc) is 2.72. The molecule has 3 rings (SSSR count). The van der Waals surface area contributed by atoms with Gasteiger partial charge in [0, 0.05) is 43.3 Å². The van der Waals surface area contributed by atoms with Crippen LogP contribution in [0.4, 0.5) is 5.69 Å². The molecule has 2 N–H and O–H groups in total. The molecule has 1 saturated heterocycles. The maximum absolute atomic E-state index is 12.7. The molecule has 0 aliphatic carbocycles. The first kappa shape index (κ1) is 20.8. The third-order valence-electron chi connectivity index (χ3n) is 4.81. The van der Waals surface area contributed by atoms with E-state index in [0.29, 0.717) is 42.4 Å². The van der Waals surface area contributed by atoms with Gasteiger partial charge < -0.3 is 10.2 Å². The number of pyridine rings is 1. The molecule has 2 heterocycles. The van der Waals surface area contributed by atoms with Crippen molar-refractivity contribution >= 4 is 27.5 Å². The van der Waals surface area contributed by atoms with E-state index in [1.807, 2.05) is 0 Å². The average molecular weight is 417 g/mol. The summed E-state index contributed by atoms with van der Waals surface area (Å²) in [7, 11) is -3.35. The molecule has 2 amide bonds. The van der Waals surface area contributed by atoms with Crippen molar-refractivity contribution < 1.29 is 18.0 Å². The normalized spacial score (nSPS) is 15.0. The molecular formula is C20H24N4O4S. The van der Waals surface area contributed by atoms with E-state index in [9.17, 15) is 18.0 Å². The standard InChI is InChI=1S/C20H24N4O4S/c1-29(27,28)23-18-6-4-16(5-7-18)20(26)24-11-8-15(9-12-24)13-22-19(25)17-3-2-10-21-14-17/h2-7,10,14-15,23H,8-9,11-13H2,1H3,(H,22,25). The number of anilines is 1. The Kier molecular flexibility index (Phi) is 6.48. The van der Waals surface area contributed by atoms with Crippen LogP contribution in [0.3, 0.4) is 0 Å². The summed E-state index contributed by atoms with van der Waals surface area (Å²) in [6.45, 7) is 1.81. The Bertz CT molecular complexity index is 954. The molecule has 8 nitrogen and oxygen atoms in total. The molecule has 0 radical (unpaired) electrons. The summed E-state index contributed by atoms with van der Waals surface area (Å²) in [5.41, 5.74) is 1.48. The first-order chi connectivity index (χ1) is 13.8. The first-order valence-corrected chi connectivity index (χ1v) is 11.3. The number of rotatable bonds is 6. The van der Waals surface area contributed by atoms with Gasteiger partial charge in [0.15, 0.2) is 0 Å². The van der Waals surface area contributed by atoms with Crippen molar-refractivity contribution in [3.05, 3.63) is 59.9 Å². The fourth-order valence-corrected chi connectivity index (χ4v) is 3.82. The van der Waals surface area contributed by atoms with Crippen LogP contribution in [0.2, 0.25) is 0 Å². The van der Waals surface area contributed by atoms with Crippen molar-refractivity contribution in [1.29, 1.82) is 0 Å². The maximum atomic E-state index is 12.7. The second kappa shape index (κ2) is 9.04. The minimum Gasteiger partial charge on any atom is -0.352 e. The van der Waals surface area contributed by atoms with Crippen LogP contribution < -0.4 is 10.0 Å². The number of carbonyl (C=O) groups is 2. The van der Waals surface area contributed by atoms with Gasteiger partial charge in [0.2, 0.25) is 10.0 Å². The van der Waals surface area contributed by atoms with Gasteiger partial charge in [0.1, 0.15) is 0 Å². The lowest BCUT2D eigenvalue weighted by atomic mass is 9.96. The van der Waals surface area contributed by atoms with Gasteiger partial charge >= 0.3 is 0 Å².